The molecule has 0 aromatic carbocycles. The average Bonchev–Trinajstić information content (AvgIpc) is 1.85. The lowest BCUT2D eigenvalue weighted by Gasteiger charge is -2.19. The highest BCUT2D eigenvalue weighted by Crippen LogP contribution is 2.20. The van der Waals surface area contributed by atoms with E-state index in [0.29, 0.717) is 6.04 Å². The lowest BCUT2D eigenvalue weighted by Crippen LogP contribution is -2.21. The van der Waals surface area contributed by atoms with Crippen LogP contribution in [0.25, 0.3) is 0 Å². The van der Waals surface area contributed by atoms with Crippen molar-refractivity contribution in [1.82, 2.24) is 0 Å². The van der Waals surface area contributed by atoms with E-state index in [1.54, 1.807) is 11.8 Å². The Labute approximate surface area is 89.2 Å². The van der Waals surface area contributed by atoms with Gasteiger partial charge in [0.15, 0.2) is 5.17 Å². The van der Waals surface area contributed by atoms with Gasteiger partial charge >= 0.3 is 0 Å². The molecule has 0 fully saturated rings. The Kier molecular flexibility index (Phi) is 6.01. The fraction of sp³-hybridized carbons (Fsp3) is 0.875. The topological polar surface area (TPSA) is 38.4 Å². The molecule has 2 nitrogen and oxygen atoms in total. The number of hydrogen-bond acceptors (Lipinski definition) is 3. The number of amidine groups is 1. The first-order valence-corrected chi connectivity index (χ1v) is 5.13. The second-order valence-corrected chi connectivity index (χ2v) is 4.50. The zero-order valence-corrected chi connectivity index (χ0v) is 10.1. The third kappa shape index (κ3) is 4.36. The quantitative estimate of drug-likeness (QED) is 0.820. The van der Waals surface area contributed by atoms with E-state index in [0.717, 1.165) is 16.8 Å². The lowest BCUT2D eigenvalue weighted by atomic mass is 10.0. The number of nitrogens with zero attached hydrogens (tertiary/aromatic N) is 1. The Balaban J connectivity index is 0.00000121. The molecule has 1 rings (SSSR count). The Bertz CT molecular complexity index is 159. The molecule has 0 saturated heterocycles. The molecule has 72 valence electrons. The average molecular weight is 253 g/mol. The minimum atomic E-state index is 0. The molecule has 12 heavy (non-hydrogen) atoms. The van der Waals surface area contributed by atoms with E-state index in [1.165, 1.54) is 12.8 Å². The monoisotopic (exact) mass is 252 g/mol. The van der Waals surface area contributed by atoms with Crippen LogP contribution in [0.5, 0.6) is 0 Å². The molecule has 0 bridgehead atoms. The van der Waals surface area contributed by atoms with E-state index in [4.69, 9.17) is 5.73 Å². The third-order valence-electron chi connectivity index (χ3n) is 1.75. The van der Waals surface area contributed by atoms with E-state index in [1.807, 2.05) is 0 Å². The van der Waals surface area contributed by atoms with Crippen molar-refractivity contribution in [3.05, 3.63) is 0 Å². The molecule has 1 atom stereocenters. The van der Waals surface area contributed by atoms with E-state index in [2.05, 4.69) is 18.8 Å². The van der Waals surface area contributed by atoms with E-state index < -0.39 is 0 Å². The van der Waals surface area contributed by atoms with E-state index in [9.17, 15) is 0 Å². The summed E-state index contributed by atoms with van der Waals surface area (Å²) < 4.78 is 0. The highest BCUT2D eigenvalue weighted by molar-refractivity contribution is 8.93. The summed E-state index contributed by atoms with van der Waals surface area (Å²) in [4.78, 5) is 4.38. The number of halogens is 1. The van der Waals surface area contributed by atoms with Gasteiger partial charge in [0.1, 0.15) is 0 Å². The molecule has 0 saturated carbocycles. The van der Waals surface area contributed by atoms with Crippen molar-refractivity contribution in [1.29, 1.82) is 0 Å². The summed E-state index contributed by atoms with van der Waals surface area (Å²) in [6.45, 7) is 4.46. The minimum absolute atomic E-state index is 0. The highest BCUT2D eigenvalue weighted by Gasteiger charge is 2.14. The number of thioether (sulfide) groups is 1. The maximum absolute atomic E-state index is 5.61. The van der Waals surface area contributed by atoms with Gasteiger partial charge in [-0.3, -0.25) is 4.99 Å². The number of nitrogens with two attached hydrogens (primary N) is 1. The summed E-state index contributed by atoms with van der Waals surface area (Å²) in [5, 5.41) is 0.780. The minimum Gasteiger partial charge on any atom is -0.379 e. The van der Waals surface area contributed by atoms with Gasteiger partial charge in [-0.05, 0) is 18.8 Å². The zero-order chi connectivity index (χ0) is 8.27. The Morgan fingerprint density at radius 2 is 2.33 bits per heavy atom. The standard InChI is InChI=1S/C8H16N2S.BrH/c1-6(2)5-7-3-4-11-8(9)10-7;/h6-7H,3-5H2,1-2H3,(H2,9,10);1H/t7-;/m1./s1. The molecule has 0 unspecified atom stereocenters. The van der Waals surface area contributed by atoms with Crippen molar-refractivity contribution in [2.24, 2.45) is 16.6 Å². The Morgan fingerprint density at radius 3 is 2.83 bits per heavy atom. The summed E-state index contributed by atoms with van der Waals surface area (Å²) >= 11 is 1.68. The second-order valence-electron chi connectivity index (χ2n) is 3.39. The van der Waals surface area contributed by atoms with Crippen molar-refractivity contribution in [2.75, 3.05) is 5.75 Å². The molecule has 0 spiro atoms. The molecule has 1 aliphatic heterocycles. The van der Waals surface area contributed by atoms with Gasteiger partial charge in [-0.25, -0.2) is 0 Å². The Hall–Kier alpha value is 0.300. The molecular weight excluding hydrogens is 236 g/mol. The lowest BCUT2D eigenvalue weighted by molar-refractivity contribution is 0.489. The normalized spacial score (nSPS) is 23.2. The van der Waals surface area contributed by atoms with Crippen LogP contribution in [0.3, 0.4) is 0 Å². The molecule has 2 N–H and O–H groups in total. The summed E-state index contributed by atoms with van der Waals surface area (Å²) in [5.74, 6) is 1.88. The fourth-order valence-corrected chi connectivity index (χ4v) is 2.12. The molecule has 1 heterocycles. The van der Waals surface area contributed by atoms with Crippen LogP contribution in [0.4, 0.5) is 0 Å². The van der Waals surface area contributed by atoms with Crippen LogP contribution < -0.4 is 5.73 Å². The largest absolute Gasteiger partial charge is 0.379 e. The molecule has 0 amide bonds. The maximum Gasteiger partial charge on any atom is 0.154 e. The van der Waals surface area contributed by atoms with E-state index in [-0.39, 0.29) is 17.0 Å². The van der Waals surface area contributed by atoms with Gasteiger partial charge in [0.2, 0.25) is 0 Å². The van der Waals surface area contributed by atoms with Gasteiger partial charge in [-0.2, -0.15) is 0 Å². The fourth-order valence-electron chi connectivity index (χ4n) is 1.30. The molecular formula is C8H17BrN2S. The number of hydrogen-bond donors (Lipinski definition) is 1. The van der Waals surface area contributed by atoms with Crippen molar-refractivity contribution in [3.8, 4) is 0 Å². The zero-order valence-electron chi connectivity index (χ0n) is 7.62. The van der Waals surface area contributed by atoms with Crippen LogP contribution in [0.2, 0.25) is 0 Å². The van der Waals surface area contributed by atoms with Gasteiger partial charge < -0.3 is 5.73 Å². The first-order valence-electron chi connectivity index (χ1n) is 4.14. The molecule has 0 radical (unpaired) electrons. The SMILES string of the molecule is Br.CC(C)C[C@H]1CCSC(N)=N1. The van der Waals surface area contributed by atoms with Gasteiger partial charge in [0, 0.05) is 5.75 Å². The van der Waals surface area contributed by atoms with Gasteiger partial charge in [-0.15, -0.1) is 17.0 Å². The van der Waals surface area contributed by atoms with Crippen molar-refractivity contribution >= 4 is 33.9 Å². The molecule has 1 aliphatic rings. The molecule has 0 aromatic rings. The summed E-state index contributed by atoms with van der Waals surface area (Å²) in [6, 6.07) is 0.497. The summed E-state index contributed by atoms with van der Waals surface area (Å²) in [6.07, 6.45) is 2.38. The van der Waals surface area contributed by atoms with Gasteiger partial charge in [0.25, 0.3) is 0 Å². The molecule has 0 aliphatic carbocycles. The van der Waals surface area contributed by atoms with Crippen LogP contribution in [-0.2, 0) is 0 Å². The van der Waals surface area contributed by atoms with Crippen molar-refractivity contribution in [3.63, 3.8) is 0 Å². The van der Waals surface area contributed by atoms with Gasteiger partial charge in [0.05, 0.1) is 6.04 Å². The highest BCUT2D eigenvalue weighted by atomic mass is 79.9. The predicted molar refractivity (Wildman–Crippen MR) is 62.3 cm³/mol. The van der Waals surface area contributed by atoms with Crippen LogP contribution in [0.1, 0.15) is 26.7 Å². The summed E-state index contributed by atoms with van der Waals surface area (Å²) in [7, 11) is 0. The first-order chi connectivity index (χ1) is 5.18. The Morgan fingerprint density at radius 1 is 1.67 bits per heavy atom. The second kappa shape index (κ2) is 5.86. The maximum atomic E-state index is 5.61. The number of aliphatic imine (C=N–C) groups is 1. The van der Waals surface area contributed by atoms with E-state index >= 15 is 0 Å². The third-order valence-corrected chi connectivity index (χ3v) is 2.60. The van der Waals surface area contributed by atoms with Crippen LogP contribution in [-0.4, -0.2) is 17.0 Å². The molecule has 0 aromatic heterocycles. The van der Waals surface area contributed by atoms with Crippen LogP contribution in [0, 0.1) is 5.92 Å². The molecule has 4 heteroatoms. The predicted octanol–water partition coefficient (Wildman–Crippen LogP) is 2.43. The van der Waals surface area contributed by atoms with Crippen LogP contribution >= 0.6 is 28.7 Å². The smallest absolute Gasteiger partial charge is 0.154 e. The van der Waals surface area contributed by atoms with Crippen molar-refractivity contribution < 1.29 is 0 Å². The first kappa shape index (κ1) is 12.3. The van der Waals surface area contributed by atoms with Crippen molar-refractivity contribution in [2.45, 2.75) is 32.7 Å². The summed E-state index contributed by atoms with van der Waals surface area (Å²) in [5.41, 5.74) is 5.61. The van der Waals surface area contributed by atoms with Gasteiger partial charge in [-0.1, -0.05) is 25.6 Å². The number of rotatable bonds is 2. The van der Waals surface area contributed by atoms with Crippen LogP contribution in [0.15, 0.2) is 4.99 Å².